The summed E-state index contributed by atoms with van der Waals surface area (Å²) in [4.78, 5) is 78.0. The van der Waals surface area contributed by atoms with Crippen LogP contribution in [0, 0.1) is 29.6 Å². The van der Waals surface area contributed by atoms with E-state index in [2.05, 4.69) is 0 Å². The fourth-order valence-corrected chi connectivity index (χ4v) is 6.92. The lowest BCUT2D eigenvalue weighted by Gasteiger charge is -2.44. The van der Waals surface area contributed by atoms with Crippen molar-refractivity contribution in [2.24, 2.45) is 29.6 Å². The minimum absolute atomic E-state index is 0.0873. The maximum absolute atomic E-state index is 13.7. The van der Waals surface area contributed by atoms with Crippen LogP contribution in [0.3, 0.4) is 0 Å². The summed E-state index contributed by atoms with van der Waals surface area (Å²) in [5, 5.41) is 29.2. The number of nitrogens with zero attached hydrogens (tertiary/aromatic N) is 2. The Balaban J connectivity index is 1.60. The average Bonchev–Trinajstić information content (AvgIpc) is 3.28. The predicted octanol–water partition coefficient (Wildman–Crippen LogP) is 0.986. The molecular weight excluding hydrogens is 512 g/mol. The number of phenolic OH excluding ortho intramolecular Hbond substituents is 1. The molecule has 12 heteroatoms. The number of likely N-dealkylation sites (tertiary alicyclic amines) is 2. The summed E-state index contributed by atoms with van der Waals surface area (Å²) < 4.78 is 5.51. The number of allylic oxidation sites excluding steroid dienone is 2. The number of aromatic hydroxyl groups is 1. The van der Waals surface area contributed by atoms with Gasteiger partial charge in [0.05, 0.1) is 43.6 Å². The third-order valence-corrected chi connectivity index (χ3v) is 8.50. The molecule has 0 bridgehead atoms. The molecule has 6 unspecified atom stereocenters. The molecule has 5 rings (SSSR count). The zero-order chi connectivity index (χ0) is 28.2. The van der Waals surface area contributed by atoms with Crippen molar-refractivity contribution < 1.29 is 48.8 Å². The largest absolute Gasteiger partial charge is 0.508 e. The van der Waals surface area contributed by atoms with Crippen LogP contribution in [0.2, 0.25) is 0 Å². The number of aliphatic carboxylic acids is 2. The van der Waals surface area contributed by atoms with E-state index >= 15 is 0 Å². The number of carbonyl (C=O) groups is 6. The molecule has 0 aromatic heterocycles. The molecule has 2 saturated heterocycles. The Morgan fingerprint density at radius 2 is 1.46 bits per heavy atom. The van der Waals surface area contributed by atoms with Crippen LogP contribution in [0.15, 0.2) is 29.8 Å². The topological polar surface area (TPSA) is 179 Å². The van der Waals surface area contributed by atoms with E-state index in [9.17, 15) is 33.9 Å². The number of rotatable bonds is 8. The van der Waals surface area contributed by atoms with Gasteiger partial charge in [-0.3, -0.25) is 38.6 Å². The number of fused-ring (bicyclic) bond motifs is 4. The van der Waals surface area contributed by atoms with E-state index in [-0.39, 0.29) is 43.0 Å². The van der Waals surface area contributed by atoms with Crippen molar-refractivity contribution in [3.05, 3.63) is 35.4 Å². The Labute approximate surface area is 222 Å². The lowest BCUT2D eigenvalue weighted by atomic mass is 9.57. The van der Waals surface area contributed by atoms with Crippen LogP contribution in [-0.2, 0) is 28.8 Å². The van der Waals surface area contributed by atoms with Crippen LogP contribution in [0.1, 0.15) is 37.2 Å². The summed E-state index contributed by atoms with van der Waals surface area (Å²) in [5.74, 6) is -9.18. The van der Waals surface area contributed by atoms with Crippen LogP contribution >= 0.6 is 0 Å². The van der Waals surface area contributed by atoms with Crippen molar-refractivity contribution in [2.45, 2.75) is 31.6 Å². The first-order valence-corrected chi connectivity index (χ1v) is 12.8. The smallest absolute Gasteiger partial charge is 0.305 e. The highest BCUT2D eigenvalue weighted by molar-refractivity contribution is 6.08. The number of methoxy groups -OCH3 is 1. The number of ether oxygens (including phenoxy) is 1. The molecule has 39 heavy (non-hydrogen) atoms. The number of amides is 4. The summed E-state index contributed by atoms with van der Waals surface area (Å²) in [5.41, 5.74) is 0.921. The Morgan fingerprint density at radius 3 is 2.05 bits per heavy atom. The van der Waals surface area contributed by atoms with E-state index in [4.69, 9.17) is 14.9 Å². The van der Waals surface area contributed by atoms with Gasteiger partial charge in [0.25, 0.3) is 0 Å². The van der Waals surface area contributed by atoms with Crippen LogP contribution in [0.4, 0.5) is 0 Å². The number of imide groups is 2. The monoisotopic (exact) mass is 540 g/mol. The molecule has 2 heterocycles. The molecule has 6 atom stereocenters. The highest BCUT2D eigenvalue weighted by atomic mass is 16.5. The molecule has 206 valence electrons. The predicted molar refractivity (Wildman–Crippen MR) is 130 cm³/mol. The minimum atomic E-state index is -1.17. The van der Waals surface area contributed by atoms with Gasteiger partial charge >= 0.3 is 11.9 Å². The third kappa shape index (κ3) is 4.14. The Hall–Kier alpha value is -4.22. The second-order valence-corrected chi connectivity index (χ2v) is 10.4. The molecule has 0 spiro atoms. The van der Waals surface area contributed by atoms with Crippen LogP contribution in [-0.4, -0.2) is 80.9 Å². The number of hydrogen-bond acceptors (Lipinski definition) is 8. The molecule has 1 aromatic rings. The molecule has 3 N–H and O–H groups in total. The van der Waals surface area contributed by atoms with Crippen LogP contribution < -0.4 is 4.74 Å². The average molecular weight is 541 g/mol. The van der Waals surface area contributed by atoms with Gasteiger partial charge in [0.1, 0.15) is 11.5 Å². The molecular formula is C27H28N2O10. The number of carbonyl (C=O) groups excluding carboxylic acids is 4. The Kier molecular flexibility index (Phi) is 6.65. The molecule has 4 aliphatic rings. The standard InChI is InChI=1S/C27H28N2O10/c1-39-17-4-2-3-16(30)23(17)21-12-5-6-13-20(26(37)28(24(13)35)9-7-18(31)32)14(12)11-15-22(21)27(38)29(25(15)36)10-8-19(33)34/h2-5,13-15,20-22,30H,6-11H2,1H3,(H,31,32)(H,33,34). The number of phenols is 1. The molecule has 4 amide bonds. The Morgan fingerprint density at radius 1 is 0.872 bits per heavy atom. The number of carboxylic acid groups (broad SMARTS) is 2. The SMILES string of the molecule is COc1cccc(O)c1C1C2=CCC3C(=O)N(CCC(=O)O)C(=O)C3C2CC2C(=O)N(CCC(=O)O)C(=O)C21. The molecule has 12 nitrogen and oxygen atoms in total. The maximum Gasteiger partial charge on any atom is 0.305 e. The summed E-state index contributed by atoms with van der Waals surface area (Å²) in [7, 11) is 1.40. The summed E-state index contributed by atoms with van der Waals surface area (Å²) in [6.45, 7) is -0.564. The molecule has 2 aliphatic heterocycles. The van der Waals surface area contributed by atoms with Gasteiger partial charge in [0, 0.05) is 24.6 Å². The van der Waals surface area contributed by atoms with E-state index in [1.54, 1.807) is 18.2 Å². The van der Waals surface area contributed by atoms with Gasteiger partial charge in [-0.25, -0.2) is 0 Å². The highest BCUT2D eigenvalue weighted by Crippen LogP contribution is 2.59. The quantitative estimate of drug-likeness (QED) is 0.318. The lowest BCUT2D eigenvalue weighted by Crippen LogP contribution is -2.43. The van der Waals surface area contributed by atoms with Crippen molar-refractivity contribution in [1.82, 2.24) is 9.80 Å². The van der Waals surface area contributed by atoms with Crippen molar-refractivity contribution in [1.29, 1.82) is 0 Å². The zero-order valence-electron chi connectivity index (χ0n) is 21.1. The molecule has 3 fully saturated rings. The lowest BCUT2D eigenvalue weighted by molar-refractivity contribution is -0.145. The molecule has 1 aromatic carbocycles. The van der Waals surface area contributed by atoms with Crippen molar-refractivity contribution in [2.75, 3.05) is 20.2 Å². The first-order chi connectivity index (χ1) is 18.6. The van der Waals surface area contributed by atoms with Gasteiger partial charge in [-0.2, -0.15) is 0 Å². The minimum Gasteiger partial charge on any atom is -0.508 e. The van der Waals surface area contributed by atoms with E-state index in [1.165, 1.54) is 13.2 Å². The van der Waals surface area contributed by atoms with Crippen molar-refractivity contribution in [3.63, 3.8) is 0 Å². The van der Waals surface area contributed by atoms with Gasteiger partial charge in [-0.15, -0.1) is 0 Å². The van der Waals surface area contributed by atoms with E-state index in [0.717, 1.165) is 9.80 Å². The number of carboxylic acids is 2. The summed E-state index contributed by atoms with van der Waals surface area (Å²) in [6, 6.07) is 4.62. The second-order valence-electron chi connectivity index (χ2n) is 10.4. The maximum atomic E-state index is 13.7. The molecule has 2 aliphatic carbocycles. The van der Waals surface area contributed by atoms with Gasteiger partial charge in [0.2, 0.25) is 23.6 Å². The Bertz CT molecular complexity index is 1320. The van der Waals surface area contributed by atoms with Crippen molar-refractivity contribution in [3.8, 4) is 11.5 Å². The van der Waals surface area contributed by atoms with Crippen LogP contribution in [0.5, 0.6) is 11.5 Å². The third-order valence-electron chi connectivity index (χ3n) is 8.50. The van der Waals surface area contributed by atoms with E-state index < -0.39 is 83.9 Å². The number of benzene rings is 1. The number of hydrogen-bond donors (Lipinski definition) is 3. The normalized spacial score (nSPS) is 29.6. The van der Waals surface area contributed by atoms with Gasteiger partial charge < -0.3 is 20.1 Å². The van der Waals surface area contributed by atoms with E-state index in [0.29, 0.717) is 5.57 Å². The summed E-state index contributed by atoms with van der Waals surface area (Å²) >= 11 is 0. The second kappa shape index (κ2) is 9.83. The van der Waals surface area contributed by atoms with Crippen LogP contribution in [0.25, 0.3) is 0 Å². The van der Waals surface area contributed by atoms with E-state index in [1.807, 2.05) is 0 Å². The van der Waals surface area contributed by atoms with Gasteiger partial charge in [-0.05, 0) is 30.9 Å². The highest BCUT2D eigenvalue weighted by Gasteiger charge is 2.62. The zero-order valence-corrected chi connectivity index (χ0v) is 21.1. The van der Waals surface area contributed by atoms with Crippen molar-refractivity contribution >= 4 is 35.6 Å². The van der Waals surface area contributed by atoms with Gasteiger partial charge in [-0.1, -0.05) is 17.7 Å². The van der Waals surface area contributed by atoms with Gasteiger partial charge in [0.15, 0.2) is 0 Å². The fourth-order valence-electron chi connectivity index (χ4n) is 6.92. The first-order valence-electron chi connectivity index (χ1n) is 12.8. The fraction of sp³-hybridized carbons (Fsp3) is 0.481. The summed E-state index contributed by atoms with van der Waals surface area (Å²) in [6.07, 6.45) is 1.24. The molecule has 0 radical (unpaired) electrons. The molecule has 1 saturated carbocycles. The first kappa shape index (κ1) is 26.4.